The molecule has 2 aromatic carbocycles. The lowest BCUT2D eigenvalue weighted by atomic mass is 9.99. The zero-order valence-corrected chi connectivity index (χ0v) is 16.0. The molecule has 3 aromatic rings. The normalized spacial score (nSPS) is 26.1. The van der Waals surface area contributed by atoms with E-state index < -0.39 is 48.5 Å². The van der Waals surface area contributed by atoms with Crippen molar-refractivity contribution in [2.45, 2.75) is 30.7 Å². The molecule has 0 radical (unpaired) electrons. The van der Waals surface area contributed by atoms with Crippen molar-refractivity contribution in [3.05, 3.63) is 52.9 Å². The Hall–Kier alpha value is -3.15. The van der Waals surface area contributed by atoms with Crippen molar-refractivity contribution >= 4 is 11.0 Å². The fourth-order valence-corrected chi connectivity index (χ4v) is 3.41. The molecule has 0 unspecified atom stereocenters. The molecular weight excluding hydrogens is 412 g/mol. The van der Waals surface area contributed by atoms with E-state index in [0.717, 1.165) is 6.07 Å². The lowest BCUT2D eigenvalue weighted by Crippen LogP contribution is -2.60. The molecule has 0 bridgehead atoms. The Labute approximate surface area is 174 Å². The molecule has 31 heavy (non-hydrogen) atoms. The Morgan fingerprint density at radius 2 is 1.68 bits per heavy atom. The molecule has 1 saturated heterocycles. The van der Waals surface area contributed by atoms with Crippen LogP contribution in [0, 0.1) is 0 Å². The van der Waals surface area contributed by atoms with E-state index in [2.05, 4.69) is 0 Å². The number of benzene rings is 2. The minimum Gasteiger partial charge on any atom is -0.508 e. The van der Waals surface area contributed by atoms with Crippen molar-refractivity contribution in [1.29, 1.82) is 0 Å². The van der Waals surface area contributed by atoms with Crippen molar-refractivity contribution in [3.63, 3.8) is 0 Å². The molecule has 0 aliphatic carbocycles. The highest BCUT2D eigenvalue weighted by molar-refractivity contribution is 5.88. The van der Waals surface area contributed by atoms with E-state index in [-0.39, 0.29) is 28.0 Å². The topological polar surface area (TPSA) is 170 Å². The highest BCUT2D eigenvalue weighted by Gasteiger charge is 2.44. The van der Waals surface area contributed by atoms with Crippen molar-refractivity contribution < 1.29 is 44.5 Å². The second-order valence-corrected chi connectivity index (χ2v) is 7.16. The maximum Gasteiger partial charge on any atom is 0.229 e. The first-order chi connectivity index (χ1) is 14.8. The molecule has 1 aromatic heterocycles. The first kappa shape index (κ1) is 21.1. The molecule has 0 saturated carbocycles. The molecule has 1 fully saturated rings. The molecule has 1 aliphatic rings. The van der Waals surface area contributed by atoms with Crippen LogP contribution in [0.15, 0.2) is 51.9 Å². The van der Waals surface area contributed by atoms with Crippen LogP contribution in [0.4, 0.5) is 0 Å². The number of fused-ring (bicyclic) bond motifs is 1. The van der Waals surface area contributed by atoms with Gasteiger partial charge in [0.05, 0.1) is 12.2 Å². The van der Waals surface area contributed by atoms with E-state index >= 15 is 0 Å². The monoisotopic (exact) mass is 432 g/mol. The SMILES string of the molecule is O=c1c(-c2ccc(O)cc2)coc2cc(O[C@@H]3O[C@@H](CO)[C@@H](O)[C@H](O)[C@H]3O)cc(O)c12. The fourth-order valence-electron chi connectivity index (χ4n) is 3.41. The molecule has 164 valence electrons. The molecule has 5 atom stereocenters. The number of hydrogen-bond acceptors (Lipinski definition) is 10. The van der Waals surface area contributed by atoms with Crippen molar-refractivity contribution in [3.8, 4) is 28.4 Å². The first-order valence-electron chi connectivity index (χ1n) is 9.35. The number of rotatable bonds is 4. The summed E-state index contributed by atoms with van der Waals surface area (Å²) in [5, 5.41) is 58.8. The largest absolute Gasteiger partial charge is 0.508 e. The summed E-state index contributed by atoms with van der Waals surface area (Å²) in [7, 11) is 0. The number of hydrogen-bond donors (Lipinski definition) is 6. The van der Waals surface area contributed by atoms with Gasteiger partial charge in [0.15, 0.2) is 0 Å². The van der Waals surface area contributed by atoms with Gasteiger partial charge in [-0.25, -0.2) is 0 Å². The van der Waals surface area contributed by atoms with Gasteiger partial charge in [0, 0.05) is 12.1 Å². The van der Waals surface area contributed by atoms with E-state index in [0.29, 0.717) is 5.56 Å². The van der Waals surface area contributed by atoms with Crippen LogP contribution >= 0.6 is 0 Å². The Kier molecular flexibility index (Phi) is 5.56. The van der Waals surface area contributed by atoms with Crippen LogP contribution < -0.4 is 10.2 Å². The number of aromatic hydroxyl groups is 2. The maximum absolute atomic E-state index is 12.9. The molecule has 4 rings (SSSR count). The summed E-state index contributed by atoms with van der Waals surface area (Å²) in [6, 6.07) is 8.29. The van der Waals surface area contributed by atoms with Crippen molar-refractivity contribution in [2.24, 2.45) is 0 Å². The lowest BCUT2D eigenvalue weighted by Gasteiger charge is -2.39. The summed E-state index contributed by atoms with van der Waals surface area (Å²) in [4.78, 5) is 12.9. The minimum atomic E-state index is -1.64. The van der Waals surface area contributed by atoms with Gasteiger partial charge in [0.25, 0.3) is 0 Å². The van der Waals surface area contributed by atoms with Crippen LogP contribution in [0.3, 0.4) is 0 Å². The molecule has 6 N–H and O–H groups in total. The van der Waals surface area contributed by atoms with E-state index in [9.17, 15) is 35.4 Å². The number of phenols is 2. The maximum atomic E-state index is 12.9. The summed E-state index contributed by atoms with van der Waals surface area (Å²) in [6.45, 7) is -0.622. The predicted octanol–water partition coefficient (Wildman–Crippen LogP) is 0.0499. The van der Waals surface area contributed by atoms with Gasteiger partial charge in [-0.1, -0.05) is 12.1 Å². The Morgan fingerprint density at radius 3 is 2.35 bits per heavy atom. The van der Waals surface area contributed by atoms with E-state index in [4.69, 9.17) is 13.9 Å². The third-order valence-corrected chi connectivity index (χ3v) is 5.11. The zero-order valence-electron chi connectivity index (χ0n) is 16.0. The molecule has 0 spiro atoms. The van der Waals surface area contributed by atoms with Crippen molar-refractivity contribution in [1.82, 2.24) is 0 Å². The summed E-state index contributed by atoms with van der Waals surface area (Å²) in [5.74, 6) is -0.465. The Balaban J connectivity index is 1.68. The van der Waals surface area contributed by atoms with Gasteiger partial charge in [-0.15, -0.1) is 0 Å². The van der Waals surface area contributed by atoms with E-state index in [1.54, 1.807) is 0 Å². The number of ether oxygens (including phenoxy) is 2. The molecule has 10 heteroatoms. The second-order valence-electron chi connectivity index (χ2n) is 7.16. The third kappa shape index (κ3) is 3.82. The summed E-state index contributed by atoms with van der Waals surface area (Å²) in [6.07, 6.45) is -6.23. The average Bonchev–Trinajstić information content (AvgIpc) is 2.75. The van der Waals surface area contributed by atoms with Crippen molar-refractivity contribution in [2.75, 3.05) is 6.61 Å². The van der Waals surface area contributed by atoms with E-state index in [1.807, 2.05) is 0 Å². The minimum absolute atomic E-state index is 0.00730. The standard InChI is InChI=1S/C21H20O10/c22-7-15-18(26)19(27)20(28)21(31-15)30-11-5-13(24)16-14(6-11)29-8-12(17(16)25)9-1-3-10(23)4-2-9/h1-6,8,15,18-24,26-28H,7H2/t15-,18+,19-,20+,21+/m0/s1. The number of aliphatic hydroxyl groups is 4. The van der Waals surface area contributed by atoms with E-state index in [1.165, 1.54) is 36.6 Å². The highest BCUT2D eigenvalue weighted by Crippen LogP contribution is 2.32. The first-order valence-corrected chi connectivity index (χ1v) is 9.35. The molecule has 2 heterocycles. The van der Waals surface area contributed by atoms with Crippen LogP contribution in [0.2, 0.25) is 0 Å². The fraction of sp³-hybridized carbons (Fsp3) is 0.286. The Bertz CT molecular complexity index is 1140. The molecule has 0 amide bonds. The average molecular weight is 432 g/mol. The number of aliphatic hydroxyl groups excluding tert-OH is 4. The van der Waals surface area contributed by atoms with Gasteiger partial charge in [-0.2, -0.15) is 0 Å². The highest BCUT2D eigenvalue weighted by atomic mass is 16.7. The summed E-state index contributed by atoms with van der Waals surface area (Å²) in [5.41, 5.74) is 0.135. The number of phenolic OH excluding ortho intramolecular Hbond substituents is 2. The smallest absolute Gasteiger partial charge is 0.229 e. The lowest BCUT2D eigenvalue weighted by molar-refractivity contribution is -0.277. The van der Waals surface area contributed by atoms with Crippen LogP contribution in [-0.4, -0.2) is 68.0 Å². The van der Waals surface area contributed by atoms with Gasteiger partial charge in [0.2, 0.25) is 11.7 Å². The summed E-state index contributed by atoms with van der Waals surface area (Å²) >= 11 is 0. The van der Waals surface area contributed by atoms with Crippen LogP contribution in [0.25, 0.3) is 22.1 Å². The quantitative estimate of drug-likeness (QED) is 0.331. The van der Waals surface area contributed by atoms with Crippen LogP contribution in [0.1, 0.15) is 0 Å². The van der Waals surface area contributed by atoms with Gasteiger partial charge >= 0.3 is 0 Å². The zero-order chi connectivity index (χ0) is 22.3. The predicted molar refractivity (Wildman–Crippen MR) is 106 cm³/mol. The van der Waals surface area contributed by atoms with Crippen LogP contribution in [-0.2, 0) is 4.74 Å². The molecule has 10 nitrogen and oxygen atoms in total. The molecule has 1 aliphatic heterocycles. The summed E-state index contributed by atoms with van der Waals surface area (Å²) < 4.78 is 16.2. The van der Waals surface area contributed by atoms with Gasteiger partial charge in [0.1, 0.15) is 58.9 Å². The molecular formula is C21H20O10. The van der Waals surface area contributed by atoms with Crippen LogP contribution in [0.5, 0.6) is 17.2 Å². The second kappa shape index (κ2) is 8.17. The van der Waals surface area contributed by atoms with Gasteiger partial charge in [-0.05, 0) is 17.7 Å². The Morgan fingerprint density at radius 1 is 0.968 bits per heavy atom. The van der Waals surface area contributed by atoms with Gasteiger partial charge < -0.3 is 44.5 Å². The third-order valence-electron chi connectivity index (χ3n) is 5.11. The van der Waals surface area contributed by atoms with Gasteiger partial charge in [-0.3, -0.25) is 4.79 Å².